The quantitative estimate of drug-likeness (QED) is 0.0291. The molecule has 0 atom stereocenters. The zero-order chi connectivity index (χ0) is 69.7. The van der Waals surface area contributed by atoms with Gasteiger partial charge in [0.05, 0.1) is 87.7 Å². The molecule has 0 spiro atoms. The molecule has 520 valence electrons. The van der Waals surface area contributed by atoms with Crippen molar-refractivity contribution >= 4 is 62.3 Å². The average molecular weight is 1340 g/mol. The number of sulfonamides is 1. The van der Waals surface area contributed by atoms with Crippen LogP contribution in [0.25, 0.3) is 10.9 Å². The van der Waals surface area contributed by atoms with Gasteiger partial charge in [0, 0.05) is 36.4 Å². The summed E-state index contributed by atoms with van der Waals surface area (Å²) in [4.78, 5) is 83.5. The highest BCUT2D eigenvalue weighted by Gasteiger charge is 2.39. The molecule has 95 heavy (non-hydrogen) atoms. The molecule has 1 saturated heterocycles. The van der Waals surface area contributed by atoms with E-state index in [1.165, 1.54) is 43.1 Å². The normalized spacial score (nSPS) is 14.6. The van der Waals surface area contributed by atoms with E-state index < -0.39 is 74.2 Å². The van der Waals surface area contributed by atoms with Gasteiger partial charge in [0.2, 0.25) is 15.5 Å². The van der Waals surface area contributed by atoms with Crippen molar-refractivity contribution in [3.8, 4) is 11.5 Å². The van der Waals surface area contributed by atoms with E-state index in [4.69, 9.17) is 47.4 Å². The number of pyridine rings is 1. The molecular weight excluding hydrogens is 1240 g/mol. The number of nitrogens with one attached hydrogen (secondary N) is 1. The van der Waals surface area contributed by atoms with Crippen LogP contribution in [0.4, 0.5) is 21.0 Å². The maximum absolute atomic E-state index is 14.1. The van der Waals surface area contributed by atoms with Crippen LogP contribution in [0.3, 0.4) is 0 Å². The molecule has 5 aromatic rings. The first-order valence-electron chi connectivity index (χ1n) is 32.3. The van der Waals surface area contributed by atoms with E-state index in [9.17, 15) is 37.2 Å². The van der Waals surface area contributed by atoms with Gasteiger partial charge in [0.25, 0.3) is 11.8 Å². The van der Waals surface area contributed by atoms with Crippen molar-refractivity contribution in [3.63, 3.8) is 0 Å². The number of esters is 1. The maximum Gasteiger partial charge on any atom is 0.419 e. The Balaban J connectivity index is 0.752. The SMILES string of the molecule is CC(C)(C)OC(=O)CN1CN(C(=O)OC(C)(C)C)c2cc(S(=O)(=O)N3CCC(c4ccc(OCCOCCOCCOCCOCCOCCOc5cc(NC(=O)c6cn(C(=O)OC(C)(C)C)c7ccccc7c6=O)c(C(C)(C)C)cc5C(C)(C)C)cc4)CC3)ccc2C1=O. The van der Waals surface area contributed by atoms with Crippen molar-refractivity contribution in [2.75, 3.05) is 116 Å². The molecule has 7 rings (SSSR count). The first-order chi connectivity index (χ1) is 44.5. The van der Waals surface area contributed by atoms with Crippen LogP contribution in [0.1, 0.15) is 160 Å². The molecular formula is C71H97N5O18S. The number of hydrogen-bond acceptors (Lipinski definition) is 18. The van der Waals surface area contributed by atoms with E-state index in [1.54, 1.807) is 92.6 Å². The Morgan fingerprint density at radius 1 is 0.568 bits per heavy atom. The highest BCUT2D eigenvalue weighted by atomic mass is 32.2. The fraction of sp³-hybridized carbons (Fsp3) is 0.549. The topological polar surface area (TPSA) is 256 Å². The number of nitrogens with zero attached hydrogens (tertiary/aromatic N) is 4. The summed E-state index contributed by atoms with van der Waals surface area (Å²) in [7, 11) is -4.03. The lowest BCUT2D eigenvalue weighted by Crippen LogP contribution is -2.52. The number of aromatic nitrogens is 1. The van der Waals surface area contributed by atoms with Gasteiger partial charge in [-0.05, 0) is 157 Å². The first kappa shape index (κ1) is 74.9. The summed E-state index contributed by atoms with van der Waals surface area (Å²) < 4.78 is 88.3. The zero-order valence-corrected chi connectivity index (χ0v) is 58.8. The Labute approximate surface area is 558 Å². The van der Waals surface area contributed by atoms with E-state index in [0.29, 0.717) is 102 Å². The predicted molar refractivity (Wildman–Crippen MR) is 361 cm³/mol. The second kappa shape index (κ2) is 32.1. The summed E-state index contributed by atoms with van der Waals surface area (Å²) in [5, 5.41) is 3.18. The smallest absolute Gasteiger partial charge is 0.419 e. The van der Waals surface area contributed by atoms with Crippen LogP contribution < -0.4 is 25.1 Å². The van der Waals surface area contributed by atoms with Gasteiger partial charge in [0.1, 0.15) is 60.3 Å². The molecule has 0 radical (unpaired) electrons. The number of carbonyl (C=O) groups excluding carboxylic acids is 5. The summed E-state index contributed by atoms with van der Waals surface area (Å²) >= 11 is 0. The van der Waals surface area contributed by atoms with Crippen molar-refractivity contribution in [2.24, 2.45) is 0 Å². The van der Waals surface area contributed by atoms with E-state index in [2.05, 4.69) is 26.1 Å². The fourth-order valence-corrected chi connectivity index (χ4v) is 12.1. The minimum Gasteiger partial charge on any atom is -0.491 e. The van der Waals surface area contributed by atoms with E-state index in [0.717, 1.165) is 16.7 Å². The Morgan fingerprint density at radius 2 is 1.08 bits per heavy atom. The molecule has 2 aliphatic rings. The van der Waals surface area contributed by atoms with Crippen molar-refractivity contribution < 1.29 is 79.8 Å². The summed E-state index contributed by atoms with van der Waals surface area (Å²) in [6.07, 6.45) is 0.879. The van der Waals surface area contributed by atoms with Crippen LogP contribution in [0.15, 0.2) is 94.7 Å². The van der Waals surface area contributed by atoms with Crippen molar-refractivity contribution in [1.82, 2.24) is 13.8 Å². The molecule has 3 amide bonds. The maximum atomic E-state index is 14.1. The number of benzene rings is 4. The number of fused-ring (bicyclic) bond motifs is 2. The molecule has 3 heterocycles. The molecule has 4 aromatic carbocycles. The van der Waals surface area contributed by atoms with Crippen molar-refractivity contribution in [1.29, 1.82) is 0 Å². The standard InChI is InChI=1S/C71H97N5O18S/c1-67(2,3)55-43-56(68(4,5)6)60(44-57(55)72-63(79)54-45-75(65(81)93-70(10,11)12)58-19-17-16-18-52(58)62(54)78)91-41-39-89-37-35-87-33-31-85-30-32-86-34-36-88-38-40-90-50-22-20-48(21-23-50)49-26-28-74(29-27-49)95(83,84)51-24-25-53-59(42-51)76(66(82)94-71(13,14)15)47-73(64(53)80)46-61(77)92-69(7,8)9/h16-25,42-45,49H,26-41,46-47H2,1-15H3,(H,72,79). The van der Waals surface area contributed by atoms with Crippen LogP contribution >= 0.6 is 0 Å². The van der Waals surface area contributed by atoms with Gasteiger partial charge >= 0.3 is 18.2 Å². The summed E-state index contributed by atoms with van der Waals surface area (Å²) in [5.74, 6) is -0.536. The number of rotatable bonds is 27. The van der Waals surface area contributed by atoms with Crippen molar-refractivity contribution in [3.05, 3.63) is 123 Å². The number of piperidine rings is 1. The largest absolute Gasteiger partial charge is 0.491 e. The molecule has 0 bridgehead atoms. The lowest BCUT2D eigenvalue weighted by Gasteiger charge is -2.37. The second-order valence-electron chi connectivity index (χ2n) is 28.4. The minimum atomic E-state index is -4.03. The molecule has 23 nitrogen and oxygen atoms in total. The fourth-order valence-electron chi connectivity index (χ4n) is 10.6. The Morgan fingerprint density at radius 3 is 1.62 bits per heavy atom. The molecule has 1 aromatic heterocycles. The number of para-hydroxylation sites is 1. The second-order valence-corrected chi connectivity index (χ2v) is 30.3. The van der Waals surface area contributed by atoms with Crippen LogP contribution in [0.5, 0.6) is 11.5 Å². The van der Waals surface area contributed by atoms with Gasteiger partial charge in [-0.2, -0.15) is 4.31 Å². The van der Waals surface area contributed by atoms with Crippen LogP contribution in [-0.2, 0) is 63.5 Å². The van der Waals surface area contributed by atoms with Crippen LogP contribution in [0, 0.1) is 0 Å². The number of amides is 3. The van der Waals surface area contributed by atoms with Crippen LogP contribution in [0.2, 0.25) is 0 Å². The predicted octanol–water partition coefficient (Wildman–Crippen LogP) is 11.2. The van der Waals surface area contributed by atoms with Gasteiger partial charge < -0.3 is 57.6 Å². The molecule has 1 N–H and O–H groups in total. The Hall–Kier alpha value is -7.45. The van der Waals surface area contributed by atoms with E-state index in [-0.39, 0.29) is 71.4 Å². The van der Waals surface area contributed by atoms with Gasteiger partial charge in [-0.1, -0.05) is 65.8 Å². The van der Waals surface area contributed by atoms with Crippen LogP contribution in [-0.4, -0.2) is 175 Å². The average Bonchev–Trinajstić information content (AvgIpc) is 0.770. The van der Waals surface area contributed by atoms with Crippen molar-refractivity contribution in [2.45, 2.75) is 155 Å². The summed E-state index contributed by atoms with van der Waals surface area (Å²) in [6, 6.07) is 22.3. The molecule has 0 unspecified atom stereocenters. The third-order valence-electron chi connectivity index (χ3n) is 15.1. The van der Waals surface area contributed by atoms with E-state index in [1.807, 2.05) is 51.1 Å². The first-order valence-corrected chi connectivity index (χ1v) is 33.7. The van der Waals surface area contributed by atoms with E-state index >= 15 is 0 Å². The Kier molecular flexibility index (Phi) is 25.3. The number of anilines is 2. The molecule has 0 saturated carbocycles. The monoisotopic (exact) mass is 1340 g/mol. The van der Waals surface area contributed by atoms with Gasteiger partial charge in [-0.25, -0.2) is 18.0 Å². The molecule has 24 heteroatoms. The summed E-state index contributed by atoms with van der Waals surface area (Å²) in [6.45, 7) is 31.8. The zero-order valence-electron chi connectivity index (χ0n) is 57.9. The highest BCUT2D eigenvalue weighted by molar-refractivity contribution is 7.89. The lowest BCUT2D eigenvalue weighted by molar-refractivity contribution is -0.155. The highest BCUT2D eigenvalue weighted by Crippen LogP contribution is 2.41. The van der Waals surface area contributed by atoms with Gasteiger partial charge in [-0.15, -0.1) is 0 Å². The molecule has 1 fully saturated rings. The lowest BCUT2D eigenvalue weighted by atomic mass is 9.79. The summed E-state index contributed by atoms with van der Waals surface area (Å²) in [5.41, 5.74) is -0.255. The van der Waals surface area contributed by atoms with Gasteiger partial charge in [0.15, 0.2) is 0 Å². The molecule has 2 aliphatic heterocycles. The molecule has 0 aliphatic carbocycles. The number of ether oxygens (including phenoxy) is 10. The third kappa shape index (κ3) is 21.5. The number of hydrogen-bond donors (Lipinski definition) is 1. The Bertz CT molecular complexity index is 3660. The minimum absolute atomic E-state index is 0.0516. The third-order valence-corrected chi connectivity index (χ3v) is 17.0. The van der Waals surface area contributed by atoms with Gasteiger partial charge in [-0.3, -0.25) is 28.6 Å². The number of carbonyl (C=O) groups is 5.